The first-order chi connectivity index (χ1) is 9.28. The molecule has 0 saturated carbocycles. The first-order valence-corrected chi connectivity index (χ1v) is 7.74. The van der Waals surface area contributed by atoms with Gasteiger partial charge in [0.15, 0.2) is 5.78 Å². The molecule has 1 aliphatic rings. The van der Waals surface area contributed by atoms with E-state index in [-0.39, 0.29) is 5.78 Å². The molecular weight excluding hydrogens is 276 g/mol. The molecule has 4 heteroatoms. The van der Waals surface area contributed by atoms with Crippen LogP contribution in [-0.4, -0.2) is 18.6 Å². The number of Topliss-reactive ketones (excluding diaryl/α,β-unsaturated/α-hetero) is 1. The number of fused-ring (bicyclic) bond motifs is 1. The minimum absolute atomic E-state index is 0.158. The molecule has 1 aliphatic heterocycles. The summed E-state index contributed by atoms with van der Waals surface area (Å²) in [5.74, 6) is 1.73. The van der Waals surface area contributed by atoms with E-state index in [1.165, 1.54) is 0 Å². The molecule has 2 aromatic rings. The third-order valence-electron chi connectivity index (χ3n) is 2.98. The average molecular weight is 288 g/mol. The number of thioether (sulfide) groups is 1. The van der Waals surface area contributed by atoms with Gasteiger partial charge in [-0.05, 0) is 35.2 Å². The van der Waals surface area contributed by atoms with Gasteiger partial charge >= 0.3 is 0 Å². The number of benzene rings is 1. The molecule has 0 atom stereocenters. The second-order valence-electron chi connectivity index (χ2n) is 4.18. The number of hydrogen-bond acceptors (Lipinski definition) is 4. The minimum atomic E-state index is 0.158. The van der Waals surface area contributed by atoms with Crippen LogP contribution in [0.2, 0.25) is 0 Å². The second-order valence-corrected chi connectivity index (χ2v) is 6.34. The van der Waals surface area contributed by atoms with E-state index in [0.717, 1.165) is 32.4 Å². The van der Waals surface area contributed by atoms with Gasteiger partial charge in [-0.25, -0.2) is 0 Å². The number of rotatable bonds is 2. The van der Waals surface area contributed by atoms with E-state index in [1.807, 2.05) is 41.8 Å². The fraction of sp³-hybridized carbons (Fsp3) is 0.133. The van der Waals surface area contributed by atoms with Crippen LogP contribution in [0.3, 0.4) is 0 Å². The molecule has 3 rings (SSSR count). The fourth-order valence-corrected chi connectivity index (χ4v) is 4.01. The molecule has 0 fully saturated rings. The van der Waals surface area contributed by atoms with Gasteiger partial charge in [-0.1, -0.05) is 12.1 Å². The van der Waals surface area contributed by atoms with Crippen molar-refractivity contribution in [3.63, 3.8) is 0 Å². The van der Waals surface area contributed by atoms with Gasteiger partial charge in [-0.3, -0.25) is 4.79 Å². The van der Waals surface area contributed by atoms with Gasteiger partial charge in [-0.15, -0.1) is 23.1 Å². The Morgan fingerprint density at radius 2 is 2.00 bits per heavy atom. The summed E-state index contributed by atoms with van der Waals surface area (Å²) in [5, 5.41) is 1.98. The summed E-state index contributed by atoms with van der Waals surface area (Å²) in [4.78, 5) is 12.3. The normalized spacial score (nSPS) is 16.5. The Kier molecular flexibility index (Phi) is 3.44. The van der Waals surface area contributed by atoms with E-state index >= 15 is 0 Å². The molecule has 0 spiro atoms. The zero-order chi connectivity index (χ0) is 13.2. The number of methoxy groups -OCH3 is 1. The van der Waals surface area contributed by atoms with Gasteiger partial charge in [0.1, 0.15) is 5.75 Å². The lowest BCUT2D eigenvalue weighted by molar-refractivity contribution is 0.103. The van der Waals surface area contributed by atoms with Crippen molar-refractivity contribution in [2.24, 2.45) is 0 Å². The zero-order valence-electron chi connectivity index (χ0n) is 10.4. The number of hydrogen-bond donors (Lipinski definition) is 0. The molecule has 0 bridgehead atoms. The van der Waals surface area contributed by atoms with Crippen molar-refractivity contribution in [2.75, 3.05) is 12.9 Å². The molecule has 0 amide bonds. The number of ether oxygens (including phenoxy) is 1. The highest BCUT2D eigenvalue weighted by atomic mass is 32.2. The highest BCUT2D eigenvalue weighted by molar-refractivity contribution is 8.01. The lowest BCUT2D eigenvalue weighted by atomic mass is 10.0. The standard InChI is InChI=1S/C15H12O2S2/c1-17-12-4-2-10(3-5-12)8-11-9-19-15-13(14(11)16)6-7-18-15/h2-8H,9H2,1H3. The summed E-state index contributed by atoms with van der Waals surface area (Å²) in [5.41, 5.74) is 2.74. The Morgan fingerprint density at radius 3 is 2.74 bits per heavy atom. The van der Waals surface area contributed by atoms with E-state index in [0.29, 0.717) is 0 Å². The maximum absolute atomic E-state index is 12.3. The molecule has 2 nitrogen and oxygen atoms in total. The van der Waals surface area contributed by atoms with Crippen molar-refractivity contribution >= 4 is 35.0 Å². The topological polar surface area (TPSA) is 26.3 Å². The molecule has 0 radical (unpaired) electrons. The largest absolute Gasteiger partial charge is 0.497 e. The maximum Gasteiger partial charge on any atom is 0.191 e. The van der Waals surface area contributed by atoms with Crippen molar-refractivity contribution in [3.8, 4) is 5.75 Å². The number of thiophene rings is 1. The van der Waals surface area contributed by atoms with Crippen LogP contribution in [0.4, 0.5) is 0 Å². The van der Waals surface area contributed by atoms with Crippen LogP contribution in [0.25, 0.3) is 6.08 Å². The van der Waals surface area contributed by atoms with Crippen LogP contribution in [0.5, 0.6) is 5.75 Å². The van der Waals surface area contributed by atoms with Crippen molar-refractivity contribution in [3.05, 3.63) is 52.4 Å². The second kappa shape index (κ2) is 5.23. The van der Waals surface area contributed by atoms with Crippen molar-refractivity contribution in [1.29, 1.82) is 0 Å². The van der Waals surface area contributed by atoms with E-state index < -0.39 is 0 Å². The van der Waals surface area contributed by atoms with Crippen LogP contribution < -0.4 is 4.74 Å². The molecule has 0 aliphatic carbocycles. The third-order valence-corrected chi connectivity index (χ3v) is 5.27. The predicted octanol–water partition coefficient (Wildman–Crippen LogP) is 4.13. The third kappa shape index (κ3) is 2.46. The van der Waals surface area contributed by atoms with Crippen LogP contribution in [0, 0.1) is 0 Å². The van der Waals surface area contributed by atoms with Crippen LogP contribution in [0.1, 0.15) is 15.9 Å². The lowest BCUT2D eigenvalue weighted by Crippen LogP contribution is -2.10. The first kappa shape index (κ1) is 12.5. The first-order valence-electron chi connectivity index (χ1n) is 5.87. The number of carbonyl (C=O) groups is 1. The van der Waals surface area contributed by atoms with Gasteiger partial charge in [0.05, 0.1) is 11.3 Å². The quantitative estimate of drug-likeness (QED) is 0.777. The molecule has 96 valence electrons. The average Bonchev–Trinajstić information content (AvgIpc) is 2.92. The van der Waals surface area contributed by atoms with Crippen LogP contribution in [-0.2, 0) is 0 Å². The Labute approximate surface area is 120 Å². The number of carbonyl (C=O) groups excluding carboxylic acids is 1. The Morgan fingerprint density at radius 1 is 1.21 bits per heavy atom. The monoisotopic (exact) mass is 288 g/mol. The van der Waals surface area contributed by atoms with Crippen LogP contribution in [0.15, 0.2) is 45.5 Å². The molecule has 1 aromatic carbocycles. The Balaban J connectivity index is 1.90. The van der Waals surface area contributed by atoms with Gasteiger partial charge < -0.3 is 4.74 Å². The molecular formula is C15H12O2S2. The highest BCUT2D eigenvalue weighted by Gasteiger charge is 2.23. The van der Waals surface area contributed by atoms with Gasteiger partial charge in [0.25, 0.3) is 0 Å². The summed E-state index contributed by atoms with van der Waals surface area (Å²) in [6.45, 7) is 0. The van der Waals surface area contributed by atoms with Gasteiger partial charge in [0, 0.05) is 16.9 Å². The predicted molar refractivity (Wildman–Crippen MR) is 80.3 cm³/mol. The van der Waals surface area contributed by atoms with E-state index in [9.17, 15) is 4.79 Å². The fourth-order valence-electron chi connectivity index (χ4n) is 1.97. The summed E-state index contributed by atoms with van der Waals surface area (Å²) in [6.07, 6.45) is 1.97. The van der Waals surface area contributed by atoms with E-state index in [1.54, 1.807) is 30.2 Å². The Bertz CT molecular complexity index is 638. The lowest BCUT2D eigenvalue weighted by Gasteiger charge is -2.13. The van der Waals surface area contributed by atoms with Crippen molar-refractivity contribution in [1.82, 2.24) is 0 Å². The van der Waals surface area contributed by atoms with E-state index in [2.05, 4.69) is 0 Å². The van der Waals surface area contributed by atoms with Crippen molar-refractivity contribution in [2.45, 2.75) is 4.21 Å². The SMILES string of the molecule is COc1ccc(C=C2CSc3sccc3C2=O)cc1. The summed E-state index contributed by atoms with van der Waals surface area (Å²) in [6, 6.07) is 9.65. The van der Waals surface area contributed by atoms with Gasteiger partial charge in [-0.2, -0.15) is 0 Å². The molecule has 0 saturated heterocycles. The minimum Gasteiger partial charge on any atom is -0.497 e. The highest BCUT2D eigenvalue weighted by Crippen LogP contribution is 2.37. The van der Waals surface area contributed by atoms with Crippen LogP contribution >= 0.6 is 23.1 Å². The molecule has 2 heterocycles. The zero-order valence-corrected chi connectivity index (χ0v) is 12.0. The molecule has 19 heavy (non-hydrogen) atoms. The van der Waals surface area contributed by atoms with Gasteiger partial charge in [0.2, 0.25) is 0 Å². The summed E-state index contributed by atoms with van der Waals surface area (Å²) >= 11 is 3.38. The summed E-state index contributed by atoms with van der Waals surface area (Å²) < 4.78 is 6.26. The molecule has 0 N–H and O–H groups in total. The Hall–Kier alpha value is -1.52. The summed E-state index contributed by atoms with van der Waals surface area (Å²) in [7, 11) is 1.65. The maximum atomic E-state index is 12.3. The number of ketones is 1. The van der Waals surface area contributed by atoms with Crippen molar-refractivity contribution < 1.29 is 9.53 Å². The molecule has 0 unspecified atom stereocenters. The smallest absolute Gasteiger partial charge is 0.191 e. The molecule has 1 aromatic heterocycles. The van der Waals surface area contributed by atoms with E-state index in [4.69, 9.17) is 4.74 Å².